The summed E-state index contributed by atoms with van der Waals surface area (Å²) in [6, 6.07) is 14.1. The zero-order valence-corrected chi connectivity index (χ0v) is 18.2. The molecule has 1 N–H and O–H groups in total. The molecule has 0 bridgehead atoms. The Morgan fingerprint density at radius 1 is 1.03 bits per heavy atom. The van der Waals surface area contributed by atoms with Crippen molar-refractivity contribution in [2.24, 2.45) is 0 Å². The van der Waals surface area contributed by atoms with Gasteiger partial charge in [0.25, 0.3) is 0 Å². The van der Waals surface area contributed by atoms with Crippen molar-refractivity contribution in [2.75, 3.05) is 26.7 Å². The fourth-order valence-electron chi connectivity index (χ4n) is 4.03. The Bertz CT molecular complexity index is 870. The topological polar surface area (TPSA) is 58.6 Å². The molecule has 1 atom stereocenters. The number of Topliss-reactive ketones (excluding diaryl/α,β-unsaturated/α-hetero) is 1. The molecular formula is C25H32N2O3. The van der Waals surface area contributed by atoms with Gasteiger partial charge in [-0.05, 0) is 69.1 Å². The van der Waals surface area contributed by atoms with Crippen LogP contribution in [0.2, 0.25) is 0 Å². The molecule has 1 unspecified atom stereocenters. The molecular weight excluding hydrogens is 376 g/mol. The van der Waals surface area contributed by atoms with Gasteiger partial charge in [-0.25, -0.2) is 0 Å². The van der Waals surface area contributed by atoms with Crippen LogP contribution in [0.25, 0.3) is 0 Å². The van der Waals surface area contributed by atoms with Crippen molar-refractivity contribution in [1.29, 1.82) is 0 Å². The first-order valence-corrected chi connectivity index (χ1v) is 10.7. The number of nitrogens with one attached hydrogen (secondary N) is 1. The molecule has 2 aromatic carbocycles. The number of likely N-dealkylation sites (tertiary alicyclic amines) is 1. The molecule has 1 heterocycles. The third kappa shape index (κ3) is 5.70. The lowest BCUT2D eigenvalue weighted by Gasteiger charge is -2.28. The van der Waals surface area contributed by atoms with Crippen molar-refractivity contribution in [3.05, 3.63) is 64.7 Å². The first-order chi connectivity index (χ1) is 14.5. The predicted octanol–water partition coefficient (Wildman–Crippen LogP) is 4.23. The molecule has 1 fully saturated rings. The van der Waals surface area contributed by atoms with Crippen molar-refractivity contribution >= 4 is 11.7 Å². The van der Waals surface area contributed by atoms with Gasteiger partial charge in [-0.15, -0.1) is 0 Å². The lowest BCUT2D eigenvalue weighted by Crippen LogP contribution is -2.36. The summed E-state index contributed by atoms with van der Waals surface area (Å²) >= 11 is 0. The van der Waals surface area contributed by atoms with E-state index in [1.54, 1.807) is 7.11 Å². The largest absolute Gasteiger partial charge is 0.497 e. The molecule has 0 saturated carbocycles. The van der Waals surface area contributed by atoms with Crippen LogP contribution in [0.15, 0.2) is 42.5 Å². The first-order valence-electron chi connectivity index (χ1n) is 10.7. The van der Waals surface area contributed by atoms with Crippen molar-refractivity contribution in [3.8, 4) is 5.75 Å². The predicted molar refractivity (Wildman–Crippen MR) is 119 cm³/mol. The van der Waals surface area contributed by atoms with Gasteiger partial charge < -0.3 is 10.1 Å². The van der Waals surface area contributed by atoms with Gasteiger partial charge in [-0.1, -0.05) is 29.8 Å². The smallest absolute Gasteiger partial charge is 0.220 e. The van der Waals surface area contributed by atoms with E-state index < -0.39 is 0 Å². The van der Waals surface area contributed by atoms with E-state index >= 15 is 0 Å². The van der Waals surface area contributed by atoms with E-state index in [9.17, 15) is 9.59 Å². The monoisotopic (exact) mass is 408 g/mol. The standard InChI is InChI=1S/C25H32N2O3/c1-18-6-7-19(2)22(16-18)24(28)12-13-25(29)26-17-23(27-14-4-5-15-27)20-8-10-21(30-3)11-9-20/h6-11,16,23H,4-5,12-15,17H2,1-3H3,(H,26,29). The molecule has 0 radical (unpaired) electrons. The van der Waals surface area contributed by atoms with Crippen molar-refractivity contribution in [3.63, 3.8) is 0 Å². The van der Waals surface area contributed by atoms with Crippen molar-refractivity contribution < 1.29 is 14.3 Å². The summed E-state index contributed by atoms with van der Waals surface area (Å²) < 4.78 is 5.26. The number of nitrogens with zero attached hydrogens (tertiary/aromatic N) is 1. The molecule has 1 amide bonds. The van der Waals surface area contributed by atoms with E-state index in [0.717, 1.165) is 35.5 Å². The number of carbonyl (C=O) groups excluding carboxylic acids is 2. The molecule has 5 nitrogen and oxygen atoms in total. The highest BCUT2D eigenvalue weighted by atomic mass is 16.5. The number of benzene rings is 2. The van der Waals surface area contributed by atoms with Crippen LogP contribution in [-0.4, -0.2) is 43.3 Å². The highest BCUT2D eigenvalue weighted by Crippen LogP contribution is 2.26. The van der Waals surface area contributed by atoms with Gasteiger partial charge in [-0.3, -0.25) is 14.5 Å². The molecule has 1 saturated heterocycles. The van der Waals surface area contributed by atoms with E-state index in [2.05, 4.69) is 22.3 Å². The van der Waals surface area contributed by atoms with Crippen LogP contribution in [0.5, 0.6) is 5.75 Å². The normalized spacial score (nSPS) is 15.0. The second-order valence-corrected chi connectivity index (χ2v) is 8.08. The van der Waals surface area contributed by atoms with Crippen LogP contribution in [0, 0.1) is 13.8 Å². The Labute approximate surface area is 179 Å². The van der Waals surface area contributed by atoms with E-state index in [-0.39, 0.29) is 30.6 Å². The number of carbonyl (C=O) groups is 2. The van der Waals surface area contributed by atoms with E-state index in [4.69, 9.17) is 4.74 Å². The fourth-order valence-corrected chi connectivity index (χ4v) is 4.03. The number of ketones is 1. The third-order valence-corrected chi connectivity index (χ3v) is 5.85. The van der Waals surface area contributed by atoms with Gasteiger partial charge in [0.15, 0.2) is 5.78 Å². The maximum atomic E-state index is 12.6. The minimum Gasteiger partial charge on any atom is -0.497 e. The highest BCUT2D eigenvalue weighted by Gasteiger charge is 2.24. The molecule has 3 rings (SSSR count). The number of rotatable bonds is 9. The summed E-state index contributed by atoms with van der Waals surface area (Å²) in [7, 11) is 1.66. The van der Waals surface area contributed by atoms with Crippen LogP contribution in [-0.2, 0) is 4.79 Å². The quantitative estimate of drug-likeness (QED) is 0.631. The maximum Gasteiger partial charge on any atom is 0.220 e. The average Bonchev–Trinajstić information content (AvgIpc) is 3.29. The number of amides is 1. The number of ether oxygens (including phenoxy) is 1. The first kappa shape index (κ1) is 22.0. The lowest BCUT2D eigenvalue weighted by atomic mass is 9.99. The molecule has 0 aromatic heterocycles. The number of methoxy groups -OCH3 is 1. The summed E-state index contributed by atoms with van der Waals surface area (Å²) in [5, 5.41) is 3.06. The minimum atomic E-state index is -0.0774. The van der Waals surface area contributed by atoms with Gasteiger partial charge in [0, 0.05) is 24.9 Å². The lowest BCUT2D eigenvalue weighted by molar-refractivity contribution is -0.121. The minimum absolute atomic E-state index is 0.0256. The number of aryl methyl sites for hydroxylation is 2. The SMILES string of the molecule is COc1ccc(C(CNC(=O)CCC(=O)c2cc(C)ccc2C)N2CCCC2)cc1. The van der Waals surface area contributed by atoms with Gasteiger partial charge in [0.05, 0.1) is 13.2 Å². The average molecular weight is 409 g/mol. The molecule has 2 aromatic rings. The summed E-state index contributed by atoms with van der Waals surface area (Å²) in [6.07, 6.45) is 2.81. The Morgan fingerprint density at radius 2 is 1.73 bits per heavy atom. The van der Waals surface area contributed by atoms with Gasteiger partial charge in [-0.2, -0.15) is 0 Å². The van der Waals surface area contributed by atoms with E-state index in [1.165, 1.54) is 18.4 Å². The van der Waals surface area contributed by atoms with Crippen LogP contribution < -0.4 is 10.1 Å². The Balaban J connectivity index is 1.57. The molecule has 0 spiro atoms. The van der Waals surface area contributed by atoms with Gasteiger partial charge in [0.1, 0.15) is 5.75 Å². The molecule has 30 heavy (non-hydrogen) atoms. The van der Waals surface area contributed by atoms with Crippen molar-refractivity contribution in [1.82, 2.24) is 10.2 Å². The van der Waals surface area contributed by atoms with Crippen LogP contribution in [0.4, 0.5) is 0 Å². The number of hydrogen-bond donors (Lipinski definition) is 1. The van der Waals surface area contributed by atoms with E-state index in [0.29, 0.717) is 6.54 Å². The Hall–Kier alpha value is -2.66. The molecule has 1 aliphatic rings. The zero-order valence-electron chi connectivity index (χ0n) is 18.2. The maximum absolute atomic E-state index is 12.6. The summed E-state index contributed by atoms with van der Waals surface area (Å²) in [4.78, 5) is 27.5. The molecule has 0 aliphatic carbocycles. The summed E-state index contributed by atoms with van der Waals surface area (Å²) in [5.74, 6) is 0.775. The molecule has 5 heteroatoms. The Kier molecular flexibility index (Phi) is 7.63. The van der Waals surface area contributed by atoms with Gasteiger partial charge in [0.2, 0.25) is 5.91 Å². The van der Waals surface area contributed by atoms with Crippen LogP contribution in [0.3, 0.4) is 0 Å². The Morgan fingerprint density at radius 3 is 2.40 bits per heavy atom. The zero-order chi connectivity index (χ0) is 21.5. The molecule has 1 aliphatic heterocycles. The summed E-state index contributed by atoms with van der Waals surface area (Å²) in [5.41, 5.74) is 3.90. The molecule has 160 valence electrons. The number of hydrogen-bond acceptors (Lipinski definition) is 4. The van der Waals surface area contributed by atoms with E-state index in [1.807, 2.05) is 44.2 Å². The second-order valence-electron chi connectivity index (χ2n) is 8.08. The van der Waals surface area contributed by atoms with Crippen molar-refractivity contribution in [2.45, 2.75) is 45.6 Å². The summed E-state index contributed by atoms with van der Waals surface area (Å²) in [6.45, 7) is 6.53. The van der Waals surface area contributed by atoms with Crippen LogP contribution >= 0.6 is 0 Å². The third-order valence-electron chi connectivity index (χ3n) is 5.85. The fraction of sp³-hybridized carbons (Fsp3) is 0.440. The highest BCUT2D eigenvalue weighted by molar-refractivity contribution is 5.99. The van der Waals surface area contributed by atoms with Crippen LogP contribution in [0.1, 0.15) is 58.8 Å². The van der Waals surface area contributed by atoms with Gasteiger partial charge >= 0.3 is 0 Å². The second kappa shape index (κ2) is 10.4.